The lowest BCUT2D eigenvalue weighted by Crippen LogP contribution is -2.58. The Bertz CT molecular complexity index is 1600. The number of piperidine rings is 1. The summed E-state index contributed by atoms with van der Waals surface area (Å²) in [5, 5.41) is 12.9. The van der Waals surface area contributed by atoms with E-state index in [0.717, 1.165) is 86.5 Å². The lowest BCUT2D eigenvalue weighted by atomic mass is 9.79. The molecule has 3 fully saturated rings. The van der Waals surface area contributed by atoms with Crippen LogP contribution >= 0.6 is 48.0 Å². The third kappa shape index (κ3) is 6.17. The number of benzene rings is 1. The van der Waals surface area contributed by atoms with Crippen molar-refractivity contribution in [3.8, 4) is 17.0 Å². The average molecular weight is 679 g/mol. The fourth-order valence-corrected chi connectivity index (χ4v) is 7.38. The number of carbonyl (C=O) groups is 1. The van der Waals surface area contributed by atoms with Gasteiger partial charge in [0.1, 0.15) is 23.4 Å². The number of rotatable bonds is 6. The van der Waals surface area contributed by atoms with Crippen LogP contribution in [0.15, 0.2) is 48.9 Å². The summed E-state index contributed by atoms with van der Waals surface area (Å²) < 4.78 is 6.22. The Labute approximate surface area is 278 Å². The molecule has 9 nitrogen and oxygen atoms in total. The van der Waals surface area contributed by atoms with Crippen molar-refractivity contribution in [3.05, 3.63) is 64.5 Å². The molecule has 0 unspecified atom stereocenters. The molecule has 2 N–H and O–H groups in total. The van der Waals surface area contributed by atoms with Crippen molar-refractivity contribution >= 4 is 70.6 Å². The van der Waals surface area contributed by atoms with Gasteiger partial charge in [-0.25, -0.2) is 4.98 Å². The first-order chi connectivity index (χ1) is 20.4. The maximum atomic E-state index is 13.0. The number of likely N-dealkylation sites (tertiary alicyclic amines) is 1. The zero-order valence-corrected chi connectivity index (χ0v) is 27.4. The van der Waals surface area contributed by atoms with Crippen molar-refractivity contribution in [1.82, 2.24) is 30.4 Å². The summed E-state index contributed by atoms with van der Waals surface area (Å²) in [6.45, 7) is 7.42. The first-order valence-corrected chi connectivity index (χ1v) is 15.3. The maximum Gasteiger partial charge on any atom is 0.225 e. The largest absolute Gasteiger partial charge is 0.486 e. The Morgan fingerprint density at radius 3 is 2.50 bits per heavy atom. The van der Waals surface area contributed by atoms with Gasteiger partial charge in [0, 0.05) is 72.6 Å². The second-order valence-corrected chi connectivity index (χ2v) is 12.7. The number of pyridine rings is 2. The van der Waals surface area contributed by atoms with E-state index < -0.39 is 0 Å². The van der Waals surface area contributed by atoms with Crippen LogP contribution in [0.1, 0.15) is 37.9 Å². The van der Waals surface area contributed by atoms with Gasteiger partial charge in [-0.3, -0.25) is 14.9 Å². The number of hydrogen-bond acceptors (Lipinski definition) is 7. The third-order valence-corrected chi connectivity index (χ3v) is 9.58. The zero-order valence-electron chi connectivity index (χ0n) is 24.3. The van der Waals surface area contributed by atoms with Crippen molar-refractivity contribution in [2.75, 3.05) is 44.2 Å². The molecule has 1 aromatic carbocycles. The van der Waals surface area contributed by atoms with E-state index in [1.54, 1.807) is 12.4 Å². The number of ether oxygens (including phenoxy) is 1. The topological polar surface area (TPSA) is 99.3 Å². The molecule has 0 aliphatic carbocycles. The van der Waals surface area contributed by atoms with Gasteiger partial charge < -0.3 is 19.9 Å². The molecule has 3 aliphatic heterocycles. The number of aromatic nitrogens is 4. The summed E-state index contributed by atoms with van der Waals surface area (Å²) in [6, 6.07) is 9.95. The van der Waals surface area contributed by atoms with Crippen LogP contribution in [0.2, 0.25) is 10.0 Å². The van der Waals surface area contributed by atoms with Crippen molar-refractivity contribution in [2.45, 2.75) is 32.3 Å². The summed E-state index contributed by atoms with van der Waals surface area (Å²) in [6.07, 6.45) is 7.63. The molecule has 0 radical (unpaired) electrons. The number of fused-ring (bicyclic) bond motifs is 1. The molecule has 1 spiro atoms. The van der Waals surface area contributed by atoms with Gasteiger partial charge in [-0.05, 0) is 69.6 Å². The summed E-state index contributed by atoms with van der Waals surface area (Å²) in [4.78, 5) is 26.3. The molecule has 4 aromatic rings. The molecule has 1 amide bonds. The first-order valence-electron chi connectivity index (χ1n) is 14.5. The SMILES string of the molecule is C[C@@H](Oc1ccc2[nH]nc(-c3ccc(N4CC5(CCN(C(=O)C6CCNCC6)C5)C4)nc3)c2c1)c1c(Cl)cncc1Cl.Cl.Cl. The van der Waals surface area contributed by atoms with Crippen molar-refractivity contribution < 1.29 is 9.53 Å². The summed E-state index contributed by atoms with van der Waals surface area (Å²) in [5.74, 6) is 2.18. The highest BCUT2D eigenvalue weighted by Crippen LogP contribution is 2.42. The normalized spacial score (nSPS) is 18.4. The van der Waals surface area contributed by atoms with Crippen LogP contribution in [-0.2, 0) is 4.79 Å². The second kappa shape index (κ2) is 13.3. The lowest BCUT2D eigenvalue weighted by molar-refractivity contribution is -0.135. The van der Waals surface area contributed by atoms with Gasteiger partial charge in [0.15, 0.2) is 0 Å². The molecular weight excluding hydrogens is 644 g/mol. The smallest absolute Gasteiger partial charge is 0.225 e. The number of aromatic amines is 1. The molecule has 3 saturated heterocycles. The third-order valence-electron chi connectivity index (χ3n) is 8.98. The van der Waals surface area contributed by atoms with Crippen LogP contribution < -0.4 is 15.0 Å². The van der Waals surface area contributed by atoms with Gasteiger partial charge in [-0.1, -0.05) is 23.2 Å². The Balaban J connectivity index is 0.00000192. The molecule has 3 aliphatic rings. The molecule has 1 atom stereocenters. The number of amides is 1. The lowest BCUT2D eigenvalue weighted by Gasteiger charge is -2.48. The monoisotopic (exact) mass is 677 g/mol. The van der Waals surface area contributed by atoms with Crippen LogP contribution in [0.5, 0.6) is 5.75 Å². The van der Waals surface area contributed by atoms with E-state index in [2.05, 4.69) is 42.4 Å². The van der Waals surface area contributed by atoms with E-state index in [1.807, 2.05) is 31.3 Å². The highest BCUT2D eigenvalue weighted by molar-refractivity contribution is 6.35. The van der Waals surface area contributed by atoms with Gasteiger partial charge in [-0.15, -0.1) is 24.8 Å². The molecule has 6 heterocycles. The number of H-pyrrole nitrogens is 1. The molecule has 3 aromatic heterocycles. The molecule has 13 heteroatoms. The highest BCUT2D eigenvalue weighted by Gasteiger charge is 2.49. The van der Waals surface area contributed by atoms with Gasteiger partial charge in [-0.2, -0.15) is 5.10 Å². The van der Waals surface area contributed by atoms with E-state index in [1.165, 1.54) is 0 Å². The highest BCUT2D eigenvalue weighted by atomic mass is 35.5. The zero-order chi connectivity index (χ0) is 28.8. The van der Waals surface area contributed by atoms with Crippen molar-refractivity contribution in [2.24, 2.45) is 11.3 Å². The van der Waals surface area contributed by atoms with Gasteiger partial charge in [0.25, 0.3) is 0 Å². The number of halogens is 4. The molecular formula is C31H35Cl4N7O2. The molecule has 234 valence electrons. The van der Waals surface area contributed by atoms with E-state index in [-0.39, 0.29) is 42.3 Å². The predicted molar refractivity (Wildman–Crippen MR) is 179 cm³/mol. The average Bonchev–Trinajstić information content (AvgIpc) is 3.62. The number of nitrogens with one attached hydrogen (secondary N) is 2. The van der Waals surface area contributed by atoms with Crippen LogP contribution in [0.25, 0.3) is 22.2 Å². The first kappa shape index (κ1) is 32.6. The quantitative estimate of drug-likeness (QED) is 0.245. The number of hydrogen-bond donors (Lipinski definition) is 2. The van der Waals surface area contributed by atoms with Gasteiger partial charge >= 0.3 is 0 Å². The minimum atomic E-state index is -0.365. The number of carbonyl (C=O) groups excluding carboxylic acids is 1. The summed E-state index contributed by atoms with van der Waals surface area (Å²) in [5.41, 5.74) is 3.53. The molecule has 0 bridgehead atoms. The van der Waals surface area contributed by atoms with Crippen molar-refractivity contribution in [1.29, 1.82) is 0 Å². The Morgan fingerprint density at radius 2 is 1.80 bits per heavy atom. The molecule has 0 saturated carbocycles. The Kier molecular flexibility index (Phi) is 9.82. The van der Waals surface area contributed by atoms with Crippen LogP contribution in [0, 0.1) is 11.3 Å². The van der Waals surface area contributed by atoms with E-state index in [9.17, 15) is 4.79 Å². The van der Waals surface area contributed by atoms with Crippen LogP contribution in [-0.4, -0.2) is 70.2 Å². The minimum absolute atomic E-state index is 0. The van der Waals surface area contributed by atoms with Gasteiger partial charge in [0.05, 0.1) is 15.6 Å². The maximum absolute atomic E-state index is 13.0. The van der Waals surface area contributed by atoms with E-state index >= 15 is 0 Å². The summed E-state index contributed by atoms with van der Waals surface area (Å²) in [7, 11) is 0. The van der Waals surface area contributed by atoms with E-state index in [4.69, 9.17) is 32.9 Å². The van der Waals surface area contributed by atoms with Crippen molar-refractivity contribution in [3.63, 3.8) is 0 Å². The number of anilines is 1. The Hall–Kier alpha value is -2.82. The standard InChI is InChI=1S/C31H33Cl2N7O2.2ClH/c1-19(28-24(32)14-35-15-25(28)33)42-22-3-4-26-23(12-22)29(38-37-26)21-2-5-27(36-13-21)40-17-31(18-40)8-11-39(16-31)30(41)20-6-9-34-10-7-20;;/h2-5,12-15,19-20,34H,6-11,16-18H2,1H3,(H,37,38);2*1H/t19-;;/m1../s1. The minimum Gasteiger partial charge on any atom is -0.486 e. The van der Waals surface area contributed by atoms with E-state index in [0.29, 0.717) is 27.3 Å². The molecule has 7 rings (SSSR count). The van der Waals surface area contributed by atoms with Gasteiger partial charge in [0.2, 0.25) is 5.91 Å². The summed E-state index contributed by atoms with van der Waals surface area (Å²) >= 11 is 12.7. The predicted octanol–water partition coefficient (Wildman–Crippen LogP) is 6.35. The fraction of sp³-hybridized carbons (Fsp3) is 0.419. The Morgan fingerprint density at radius 1 is 1.05 bits per heavy atom. The fourth-order valence-electron chi connectivity index (χ4n) is 6.71. The van der Waals surface area contributed by atoms with Crippen LogP contribution in [0.3, 0.4) is 0 Å². The second-order valence-electron chi connectivity index (χ2n) is 11.9. The van der Waals surface area contributed by atoms with Crippen LogP contribution in [0.4, 0.5) is 5.82 Å². The molecule has 44 heavy (non-hydrogen) atoms. The number of nitrogens with zero attached hydrogens (tertiary/aromatic N) is 5.